The van der Waals surface area contributed by atoms with Crippen LogP contribution in [0, 0.1) is 5.82 Å². The van der Waals surface area contributed by atoms with Gasteiger partial charge in [0, 0.05) is 48.2 Å². The third kappa shape index (κ3) is 4.11. The summed E-state index contributed by atoms with van der Waals surface area (Å²) in [6.45, 7) is 0.966. The molecule has 0 bridgehead atoms. The zero-order valence-corrected chi connectivity index (χ0v) is 17.7. The summed E-state index contributed by atoms with van der Waals surface area (Å²) in [7, 11) is -1.72. The lowest BCUT2D eigenvalue weighted by Crippen LogP contribution is -2.41. The molecule has 0 radical (unpaired) electrons. The van der Waals surface area contributed by atoms with Crippen molar-refractivity contribution in [3.8, 4) is 16.9 Å². The lowest BCUT2D eigenvalue weighted by molar-refractivity contribution is 0.332. The highest BCUT2D eigenvalue weighted by Crippen LogP contribution is 2.35. The molecular formula is C22H24FN3O3S. The first-order chi connectivity index (χ1) is 14.4. The number of rotatable bonds is 5. The van der Waals surface area contributed by atoms with Crippen molar-refractivity contribution in [3.63, 3.8) is 0 Å². The van der Waals surface area contributed by atoms with Gasteiger partial charge in [0.1, 0.15) is 0 Å². The van der Waals surface area contributed by atoms with E-state index in [1.165, 1.54) is 17.7 Å². The summed E-state index contributed by atoms with van der Waals surface area (Å²) in [6, 6.07) is 11.0. The molecule has 0 spiro atoms. The molecule has 1 saturated heterocycles. The molecular weight excluding hydrogens is 405 g/mol. The van der Waals surface area contributed by atoms with E-state index in [0.717, 1.165) is 22.0 Å². The molecule has 0 aliphatic carbocycles. The molecule has 0 atom stereocenters. The lowest BCUT2D eigenvalue weighted by atomic mass is 9.98. The van der Waals surface area contributed by atoms with E-state index in [1.54, 1.807) is 30.6 Å². The summed E-state index contributed by atoms with van der Waals surface area (Å²) in [6.07, 6.45) is 6.14. The van der Waals surface area contributed by atoms with Crippen LogP contribution in [-0.4, -0.2) is 50.2 Å². The van der Waals surface area contributed by atoms with E-state index < -0.39 is 15.8 Å². The van der Waals surface area contributed by atoms with Crippen molar-refractivity contribution in [1.82, 2.24) is 9.29 Å². The topological polar surface area (TPSA) is 71.5 Å². The minimum Gasteiger partial charge on any atom is -0.494 e. The maximum absolute atomic E-state index is 14.9. The Kier molecular flexibility index (Phi) is 5.62. The van der Waals surface area contributed by atoms with E-state index in [2.05, 4.69) is 10.3 Å². The van der Waals surface area contributed by atoms with Gasteiger partial charge in [-0.15, -0.1) is 0 Å². The van der Waals surface area contributed by atoms with E-state index >= 15 is 0 Å². The number of piperidine rings is 1. The molecule has 8 heteroatoms. The van der Waals surface area contributed by atoms with Crippen LogP contribution in [-0.2, 0) is 10.0 Å². The van der Waals surface area contributed by atoms with E-state index in [4.69, 9.17) is 4.74 Å². The summed E-state index contributed by atoms with van der Waals surface area (Å²) in [5.74, 6) is -0.203. The molecule has 1 aliphatic heterocycles. The first kappa shape index (κ1) is 20.6. The van der Waals surface area contributed by atoms with E-state index in [0.29, 0.717) is 31.5 Å². The highest BCUT2D eigenvalue weighted by molar-refractivity contribution is 7.88. The zero-order valence-electron chi connectivity index (χ0n) is 16.9. The Balaban J connectivity index is 1.69. The van der Waals surface area contributed by atoms with Crippen molar-refractivity contribution in [1.29, 1.82) is 0 Å². The highest BCUT2D eigenvalue weighted by Gasteiger charge is 2.25. The Morgan fingerprint density at radius 1 is 1.20 bits per heavy atom. The van der Waals surface area contributed by atoms with Crippen LogP contribution in [0.4, 0.5) is 10.1 Å². The van der Waals surface area contributed by atoms with Crippen molar-refractivity contribution >= 4 is 26.5 Å². The van der Waals surface area contributed by atoms with Crippen molar-refractivity contribution in [3.05, 3.63) is 54.6 Å². The second kappa shape index (κ2) is 8.20. The lowest BCUT2D eigenvalue weighted by Gasteiger charge is -2.31. The molecule has 2 aromatic carbocycles. The predicted molar refractivity (Wildman–Crippen MR) is 117 cm³/mol. The van der Waals surface area contributed by atoms with Crippen LogP contribution in [0.3, 0.4) is 0 Å². The van der Waals surface area contributed by atoms with E-state index in [9.17, 15) is 12.8 Å². The molecule has 1 aromatic heterocycles. The van der Waals surface area contributed by atoms with Gasteiger partial charge in [-0.3, -0.25) is 4.98 Å². The number of hydrogen-bond donors (Lipinski definition) is 1. The molecule has 1 N–H and O–H groups in total. The number of anilines is 1. The van der Waals surface area contributed by atoms with Crippen molar-refractivity contribution < 1.29 is 17.5 Å². The third-order valence-electron chi connectivity index (χ3n) is 5.53. The van der Waals surface area contributed by atoms with Gasteiger partial charge < -0.3 is 10.1 Å². The van der Waals surface area contributed by atoms with Crippen LogP contribution in [0.5, 0.6) is 5.75 Å². The summed E-state index contributed by atoms with van der Waals surface area (Å²) in [4.78, 5) is 4.24. The summed E-state index contributed by atoms with van der Waals surface area (Å²) in [5, 5.41) is 5.42. The Morgan fingerprint density at radius 3 is 2.67 bits per heavy atom. The summed E-state index contributed by atoms with van der Waals surface area (Å²) >= 11 is 0. The van der Waals surface area contributed by atoms with Crippen LogP contribution >= 0.6 is 0 Å². The minimum atomic E-state index is -3.17. The van der Waals surface area contributed by atoms with Gasteiger partial charge in [0.25, 0.3) is 0 Å². The van der Waals surface area contributed by atoms with Crippen LogP contribution in [0.1, 0.15) is 12.8 Å². The van der Waals surface area contributed by atoms with Gasteiger partial charge in [-0.1, -0.05) is 12.1 Å². The number of benzene rings is 2. The number of hydrogen-bond acceptors (Lipinski definition) is 5. The van der Waals surface area contributed by atoms with Gasteiger partial charge in [-0.25, -0.2) is 17.1 Å². The molecule has 1 fully saturated rings. The van der Waals surface area contributed by atoms with Gasteiger partial charge in [0.05, 0.1) is 13.4 Å². The fraction of sp³-hybridized carbons (Fsp3) is 0.318. The number of pyridine rings is 1. The number of methoxy groups -OCH3 is 1. The Hall–Kier alpha value is -2.71. The molecule has 30 heavy (non-hydrogen) atoms. The van der Waals surface area contributed by atoms with E-state index in [1.807, 2.05) is 18.2 Å². The average molecular weight is 430 g/mol. The second-order valence-corrected chi connectivity index (χ2v) is 9.51. The van der Waals surface area contributed by atoms with E-state index in [-0.39, 0.29) is 11.8 Å². The molecule has 158 valence electrons. The fourth-order valence-electron chi connectivity index (χ4n) is 3.92. The number of halogens is 1. The van der Waals surface area contributed by atoms with Crippen LogP contribution in [0.25, 0.3) is 21.9 Å². The van der Waals surface area contributed by atoms with Crippen LogP contribution in [0.2, 0.25) is 0 Å². The van der Waals surface area contributed by atoms with Gasteiger partial charge in [-0.2, -0.15) is 0 Å². The smallest absolute Gasteiger partial charge is 0.211 e. The van der Waals surface area contributed by atoms with Crippen molar-refractivity contribution in [2.75, 3.05) is 31.8 Å². The molecule has 3 aromatic rings. The van der Waals surface area contributed by atoms with Crippen LogP contribution in [0.15, 0.2) is 48.8 Å². The average Bonchev–Trinajstić information content (AvgIpc) is 2.73. The minimum absolute atomic E-state index is 0.122. The molecule has 0 amide bonds. The quantitative estimate of drug-likeness (QED) is 0.666. The highest BCUT2D eigenvalue weighted by atomic mass is 32.2. The summed E-state index contributed by atoms with van der Waals surface area (Å²) in [5.41, 5.74) is 2.06. The Morgan fingerprint density at radius 2 is 1.97 bits per heavy atom. The standard InChI is InChI=1S/C22H24FN3O3S/c1-29-21-5-3-4-18(22(21)23)16-12-15-6-9-24-14-19(15)20(13-16)25-17-7-10-26(11-8-17)30(2,27)28/h3-6,9,12-14,17,25H,7-8,10-11H2,1-2H3. The normalized spacial score (nSPS) is 16.0. The zero-order chi connectivity index (χ0) is 21.3. The molecule has 4 rings (SSSR count). The van der Waals surface area contributed by atoms with Crippen LogP contribution < -0.4 is 10.1 Å². The molecule has 0 saturated carbocycles. The Bertz CT molecular complexity index is 1180. The summed E-state index contributed by atoms with van der Waals surface area (Å²) < 4.78 is 45.0. The maximum atomic E-state index is 14.9. The second-order valence-electron chi connectivity index (χ2n) is 7.52. The fourth-order valence-corrected chi connectivity index (χ4v) is 4.79. The number of fused-ring (bicyclic) bond motifs is 1. The number of aromatic nitrogens is 1. The Labute approximate surface area is 175 Å². The SMILES string of the molecule is COc1cccc(-c2cc(NC3CCN(S(C)(=O)=O)CC3)c3cnccc3c2)c1F. The van der Waals surface area contributed by atoms with Gasteiger partial charge in [-0.05, 0) is 48.1 Å². The van der Waals surface area contributed by atoms with Gasteiger partial charge in [0.2, 0.25) is 10.0 Å². The molecule has 0 unspecified atom stereocenters. The molecule has 1 aliphatic rings. The number of sulfonamides is 1. The molecule has 2 heterocycles. The maximum Gasteiger partial charge on any atom is 0.211 e. The predicted octanol–water partition coefficient (Wildman–Crippen LogP) is 3.89. The van der Waals surface area contributed by atoms with Gasteiger partial charge in [0.15, 0.2) is 11.6 Å². The number of nitrogens with zero attached hydrogens (tertiary/aromatic N) is 2. The largest absolute Gasteiger partial charge is 0.494 e. The first-order valence-electron chi connectivity index (χ1n) is 9.79. The van der Waals surface area contributed by atoms with Crippen molar-refractivity contribution in [2.24, 2.45) is 0 Å². The van der Waals surface area contributed by atoms with Gasteiger partial charge >= 0.3 is 0 Å². The third-order valence-corrected chi connectivity index (χ3v) is 6.84. The molecule has 6 nitrogen and oxygen atoms in total. The first-order valence-corrected chi connectivity index (χ1v) is 11.6. The number of nitrogens with one attached hydrogen (secondary N) is 1. The number of ether oxygens (including phenoxy) is 1. The monoisotopic (exact) mass is 429 g/mol. The van der Waals surface area contributed by atoms with Crippen molar-refractivity contribution in [2.45, 2.75) is 18.9 Å².